The monoisotopic (exact) mass is 368 g/mol. The van der Waals surface area contributed by atoms with E-state index in [0.29, 0.717) is 12.5 Å². The van der Waals surface area contributed by atoms with Gasteiger partial charge in [0, 0.05) is 19.0 Å². The lowest BCUT2D eigenvalue weighted by molar-refractivity contribution is -0.146. The molecule has 2 rings (SSSR count). The molecule has 1 aromatic rings. The summed E-state index contributed by atoms with van der Waals surface area (Å²) in [7, 11) is 1.24. The number of halogens is 2. The highest BCUT2D eigenvalue weighted by atomic mass is 19.1. The van der Waals surface area contributed by atoms with Crippen molar-refractivity contribution in [2.45, 2.75) is 32.7 Å². The minimum Gasteiger partial charge on any atom is -0.467 e. The maximum Gasteiger partial charge on any atom is 0.328 e. The van der Waals surface area contributed by atoms with E-state index in [2.05, 4.69) is 5.32 Å². The molecule has 0 unspecified atom stereocenters. The van der Waals surface area contributed by atoms with Crippen molar-refractivity contribution in [1.82, 2.24) is 5.32 Å². The molecule has 1 aliphatic heterocycles. The molecule has 2 amide bonds. The number of ether oxygens (including phenoxy) is 1. The summed E-state index contributed by atoms with van der Waals surface area (Å²) in [6.45, 7) is 3.77. The predicted octanol–water partition coefficient (Wildman–Crippen LogP) is 2.02. The average Bonchev–Trinajstić information content (AvgIpc) is 2.95. The van der Waals surface area contributed by atoms with Crippen LogP contribution < -0.4 is 10.2 Å². The summed E-state index contributed by atoms with van der Waals surface area (Å²) < 4.78 is 31.7. The van der Waals surface area contributed by atoms with Crippen LogP contribution in [-0.4, -0.2) is 37.5 Å². The molecular formula is C18H22F2N2O4. The van der Waals surface area contributed by atoms with Gasteiger partial charge in [-0.05, 0) is 24.5 Å². The van der Waals surface area contributed by atoms with Crippen molar-refractivity contribution in [3.05, 3.63) is 29.8 Å². The van der Waals surface area contributed by atoms with Crippen LogP contribution in [0.25, 0.3) is 0 Å². The standard InChI is InChI=1S/C18H22F2N2O4/c1-10(2)6-14(18(25)26-3)21-17(24)11-7-16(23)22(9-11)15-5-4-12(19)8-13(15)20/h4-5,8,10-11,14H,6-7,9H2,1-3H3,(H,21,24)/t11-,14-/m0/s1. The van der Waals surface area contributed by atoms with Gasteiger partial charge in [0.15, 0.2) is 0 Å². The third kappa shape index (κ3) is 4.56. The number of nitrogens with zero attached hydrogens (tertiary/aromatic N) is 1. The van der Waals surface area contributed by atoms with Crippen LogP contribution in [0.15, 0.2) is 18.2 Å². The smallest absolute Gasteiger partial charge is 0.328 e. The zero-order valence-corrected chi connectivity index (χ0v) is 14.9. The van der Waals surface area contributed by atoms with E-state index >= 15 is 0 Å². The lowest BCUT2D eigenvalue weighted by Crippen LogP contribution is -2.45. The maximum absolute atomic E-state index is 13.9. The van der Waals surface area contributed by atoms with Crippen molar-refractivity contribution in [2.75, 3.05) is 18.6 Å². The lowest BCUT2D eigenvalue weighted by Gasteiger charge is -2.21. The first-order valence-corrected chi connectivity index (χ1v) is 8.36. The first-order chi connectivity index (χ1) is 12.2. The van der Waals surface area contributed by atoms with Crippen molar-refractivity contribution in [3.63, 3.8) is 0 Å². The van der Waals surface area contributed by atoms with Gasteiger partial charge in [0.05, 0.1) is 18.7 Å². The van der Waals surface area contributed by atoms with Crippen molar-refractivity contribution >= 4 is 23.5 Å². The molecule has 2 atom stereocenters. The second-order valence-corrected chi connectivity index (χ2v) is 6.72. The Hall–Kier alpha value is -2.51. The molecule has 0 spiro atoms. The number of benzene rings is 1. The van der Waals surface area contributed by atoms with Crippen LogP contribution >= 0.6 is 0 Å². The Bertz CT molecular complexity index is 708. The third-order valence-electron chi connectivity index (χ3n) is 4.21. The van der Waals surface area contributed by atoms with Crippen LogP contribution in [0.1, 0.15) is 26.7 Å². The molecule has 0 aromatic heterocycles. The summed E-state index contributed by atoms with van der Waals surface area (Å²) in [6, 6.07) is 2.10. The Balaban J connectivity index is 2.09. The Kier molecular flexibility index (Phi) is 6.28. The molecule has 1 N–H and O–H groups in total. The van der Waals surface area contributed by atoms with Crippen LogP contribution in [0, 0.1) is 23.5 Å². The normalized spacial score (nSPS) is 18.2. The quantitative estimate of drug-likeness (QED) is 0.780. The number of esters is 1. The fourth-order valence-electron chi connectivity index (χ4n) is 2.93. The lowest BCUT2D eigenvalue weighted by atomic mass is 10.0. The average molecular weight is 368 g/mol. The number of methoxy groups -OCH3 is 1. The summed E-state index contributed by atoms with van der Waals surface area (Å²) in [5.41, 5.74) is -0.0709. The molecular weight excluding hydrogens is 346 g/mol. The molecule has 1 heterocycles. The van der Waals surface area contributed by atoms with Gasteiger partial charge in [0.2, 0.25) is 11.8 Å². The van der Waals surface area contributed by atoms with Crippen molar-refractivity contribution in [2.24, 2.45) is 11.8 Å². The molecule has 1 aromatic carbocycles. The summed E-state index contributed by atoms with van der Waals surface area (Å²) in [5, 5.41) is 2.61. The van der Waals surface area contributed by atoms with Crippen molar-refractivity contribution < 1.29 is 27.9 Å². The summed E-state index contributed by atoms with van der Waals surface area (Å²) in [4.78, 5) is 37.6. The van der Waals surface area contributed by atoms with Gasteiger partial charge in [-0.3, -0.25) is 9.59 Å². The first kappa shape index (κ1) is 19.8. The fraction of sp³-hybridized carbons (Fsp3) is 0.500. The van der Waals surface area contributed by atoms with E-state index in [9.17, 15) is 23.2 Å². The number of carbonyl (C=O) groups excluding carboxylic acids is 3. The van der Waals surface area contributed by atoms with Crippen molar-refractivity contribution in [3.8, 4) is 0 Å². The van der Waals surface area contributed by atoms with Gasteiger partial charge in [-0.1, -0.05) is 13.8 Å². The van der Waals surface area contributed by atoms with E-state index in [1.54, 1.807) is 0 Å². The number of nitrogens with one attached hydrogen (secondary N) is 1. The van der Waals surface area contributed by atoms with Gasteiger partial charge in [0.1, 0.15) is 17.7 Å². The molecule has 1 fully saturated rings. The largest absolute Gasteiger partial charge is 0.467 e. The topological polar surface area (TPSA) is 75.7 Å². The molecule has 0 saturated carbocycles. The van der Waals surface area contributed by atoms with E-state index in [1.807, 2.05) is 13.8 Å². The highest BCUT2D eigenvalue weighted by molar-refractivity contribution is 6.00. The molecule has 0 bridgehead atoms. The van der Waals surface area contributed by atoms with Gasteiger partial charge in [-0.2, -0.15) is 0 Å². The minimum absolute atomic E-state index is 0.0389. The number of hydrogen-bond donors (Lipinski definition) is 1. The fourth-order valence-corrected chi connectivity index (χ4v) is 2.93. The van der Waals surface area contributed by atoms with Crippen molar-refractivity contribution in [1.29, 1.82) is 0 Å². The zero-order chi connectivity index (χ0) is 19.4. The molecule has 6 nitrogen and oxygen atoms in total. The number of hydrogen-bond acceptors (Lipinski definition) is 4. The van der Waals surface area contributed by atoms with Crippen LogP contribution in [-0.2, 0) is 19.1 Å². The molecule has 0 radical (unpaired) electrons. The second-order valence-electron chi connectivity index (χ2n) is 6.72. The van der Waals surface area contributed by atoms with Gasteiger partial charge >= 0.3 is 5.97 Å². The summed E-state index contributed by atoms with van der Waals surface area (Å²) in [6.07, 6.45) is 0.285. The Morgan fingerprint density at radius 2 is 2.04 bits per heavy atom. The van der Waals surface area contributed by atoms with E-state index in [0.717, 1.165) is 11.0 Å². The summed E-state index contributed by atoms with van der Waals surface area (Å²) in [5.74, 6) is -3.67. The van der Waals surface area contributed by atoms with Crippen LogP contribution in [0.2, 0.25) is 0 Å². The third-order valence-corrected chi connectivity index (χ3v) is 4.21. The number of anilines is 1. The number of rotatable bonds is 6. The second kappa shape index (κ2) is 8.25. The zero-order valence-electron chi connectivity index (χ0n) is 14.9. The Morgan fingerprint density at radius 3 is 2.62 bits per heavy atom. The van der Waals surface area contributed by atoms with E-state index in [-0.39, 0.29) is 24.6 Å². The number of amides is 2. The first-order valence-electron chi connectivity index (χ1n) is 8.36. The minimum atomic E-state index is -0.869. The molecule has 1 saturated heterocycles. The Labute approximate surface area is 150 Å². The van der Waals surface area contributed by atoms with Gasteiger partial charge in [0.25, 0.3) is 0 Å². The molecule has 26 heavy (non-hydrogen) atoms. The highest BCUT2D eigenvalue weighted by Gasteiger charge is 2.37. The van der Waals surface area contributed by atoms with Gasteiger partial charge in [-0.15, -0.1) is 0 Å². The van der Waals surface area contributed by atoms with E-state index in [4.69, 9.17) is 4.74 Å². The van der Waals surface area contributed by atoms with E-state index < -0.39 is 41.4 Å². The molecule has 1 aliphatic rings. The summed E-state index contributed by atoms with van der Waals surface area (Å²) >= 11 is 0. The predicted molar refractivity (Wildman–Crippen MR) is 90.2 cm³/mol. The maximum atomic E-state index is 13.9. The molecule has 8 heteroatoms. The highest BCUT2D eigenvalue weighted by Crippen LogP contribution is 2.28. The molecule has 142 valence electrons. The van der Waals surface area contributed by atoms with E-state index in [1.165, 1.54) is 13.2 Å². The van der Waals surface area contributed by atoms with Crippen LogP contribution in [0.5, 0.6) is 0 Å². The van der Waals surface area contributed by atoms with Gasteiger partial charge < -0.3 is 15.0 Å². The van der Waals surface area contributed by atoms with Crippen LogP contribution in [0.3, 0.4) is 0 Å². The SMILES string of the molecule is COC(=O)[C@H](CC(C)C)NC(=O)[C@H]1CC(=O)N(c2ccc(F)cc2F)C1. The van der Waals surface area contributed by atoms with Crippen LogP contribution in [0.4, 0.5) is 14.5 Å². The Morgan fingerprint density at radius 1 is 1.35 bits per heavy atom. The number of carbonyl (C=O) groups is 3. The van der Waals surface area contributed by atoms with Gasteiger partial charge in [-0.25, -0.2) is 13.6 Å². The molecule has 0 aliphatic carbocycles.